The zero-order valence-corrected chi connectivity index (χ0v) is 13.7. The quantitative estimate of drug-likeness (QED) is 0.826. The normalized spacial score (nSPS) is 22.2. The van der Waals surface area contributed by atoms with Gasteiger partial charge in [-0.25, -0.2) is 0 Å². The van der Waals surface area contributed by atoms with Crippen LogP contribution in [-0.2, 0) is 17.9 Å². The Morgan fingerprint density at radius 2 is 1.95 bits per heavy atom. The van der Waals surface area contributed by atoms with Gasteiger partial charge in [0, 0.05) is 12.1 Å². The average Bonchev–Trinajstić information content (AvgIpc) is 2.52. The van der Waals surface area contributed by atoms with E-state index in [-0.39, 0.29) is 0 Å². The average molecular weight is 291 g/mol. The molecule has 3 heteroatoms. The van der Waals surface area contributed by atoms with Gasteiger partial charge in [-0.3, -0.25) is 0 Å². The number of nitrogens with one attached hydrogen (secondary N) is 1. The first-order chi connectivity index (χ1) is 10.2. The molecule has 0 radical (unpaired) electrons. The predicted molar refractivity (Wildman–Crippen MR) is 86.6 cm³/mol. The Balaban J connectivity index is 1.93. The van der Waals surface area contributed by atoms with E-state index in [0.29, 0.717) is 12.7 Å². The van der Waals surface area contributed by atoms with Crippen LogP contribution in [0.5, 0.6) is 5.75 Å². The Morgan fingerprint density at radius 3 is 2.62 bits per heavy atom. The van der Waals surface area contributed by atoms with E-state index in [9.17, 15) is 0 Å². The second kappa shape index (κ2) is 8.40. The molecule has 1 saturated carbocycles. The Labute approximate surface area is 129 Å². The van der Waals surface area contributed by atoms with Gasteiger partial charge in [-0.15, -0.1) is 0 Å². The fourth-order valence-electron chi connectivity index (χ4n) is 2.93. The van der Waals surface area contributed by atoms with Crippen LogP contribution in [0.15, 0.2) is 18.2 Å². The summed E-state index contributed by atoms with van der Waals surface area (Å²) in [4.78, 5) is 0. The van der Waals surface area contributed by atoms with Gasteiger partial charge in [-0.1, -0.05) is 19.9 Å². The van der Waals surface area contributed by atoms with Crippen LogP contribution in [0.25, 0.3) is 0 Å². The van der Waals surface area contributed by atoms with Gasteiger partial charge in [0.25, 0.3) is 0 Å². The maximum Gasteiger partial charge on any atom is 0.124 e. The van der Waals surface area contributed by atoms with Crippen molar-refractivity contribution in [1.82, 2.24) is 5.32 Å². The molecule has 0 saturated heterocycles. The number of benzene rings is 1. The minimum Gasteiger partial charge on any atom is -0.496 e. The lowest BCUT2D eigenvalue weighted by Gasteiger charge is -2.26. The van der Waals surface area contributed by atoms with Gasteiger partial charge in [0.2, 0.25) is 0 Å². The Bertz CT molecular complexity index is 425. The van der Waals surface area contributed by atoms with Crippen LogP contribution in [0.1, 0.15) is 50.7 Å². The summed E-state index contributed by atoms with van der Waals surface area (Å²) in [6.45, 7) is 7.00. The first-order valence-corrected chi connectivity index (χ1v) is 8.21. The van der Waals surface area contributed by atoms with Crippen molar-refractivity contribution in [3.8, 4) is 5.75 Å². The van der Waals surface area contributed by atoms with E-state index < -0.39 is 0 Å². The largest absolute Gasteiger partial charge is 0.496 e. The second-order valence-corrected chi connectivity index (χ2v) is 6.12. The third kappa shape index (κ3) is 5.01. The summed E-state index contributed by atoms with van der Waals surface area (Å²) in [5.74, 6) is 1.79. The molecule has 0 aromatic heterocycles. The van der Waals surface area contributed by atoms with Crippen molar-refractivity contribution in [3.05, 3.63) is 29.3 Å². The molecule has 0 bridgehead atoms. The summed E-state index contributed by atoms with van der Waals surface area (Å²) in [5.41, 5.74) is 2.44. The number of methoxy groups -OCH3 is 1. The van der Waals surface area contributed by atoms with Crippen molar-refractivity contribution in [3.63, 3.8) is 0 Å². The molecule has 0 unspecified atom stereocenters. The molecule has 21 heavy (non-hydrogen) atoms. The van der Waals surface area contributed by atoms with E-state index in [0.717, 1.165) is 30.3 Å². The molecule has 1 aromatic carbocycles. The first-order valence-electron chi connectivity index (χ1n) is 8.21. The third-order valence-corrected chi connectivity index (χ3v) is 4.36. The molecule has 3 nitrogen and oxygen atoms in total. The molecular weight excluding hydrogens is 262 g/mol. The van der Waals surface area contributed by atoms with E-state index in [1.54, 1.807) is 7.11 Å². The third-order valence-electron chi connectivity index (χ3n) is 4.36. The fraction of sp³-hybridized carbons (Fsp3) is 0.667. The number of rotatable bonds is 7. The summed E-state index contributed by atoms with van der Waals surface area (Å²) in [7, 11) is 1.73. The first kappa shape index (κ1) is 16.3. The molecule has 1 fully saturated rings. The Hall–Kier alpha value is -1.06. The summed E-state index contributed by atoms with van der Waals surface area (Å²) in [6.07, 6.45) is 5.40. The van der Waals surface area contributed by atoms with Crippen LogP contribution < -0.4 is 10.1 Å². The lowest BCUT2D eigenvalue weighted by atomic mass is 9.89. The maximum atomic E-state index is 6.12. The Kier molecular flexibility index (Phi) is 6.52. The lowest BCUT2D eigenvalue weighted by molar-refractivity contribution is 0.00799. The standard InChI is InChI=1S/C18H29NO2/c1-4-19-12-15-7-10-18(20-3)16(11-15)13-21-17-8-5-14(2)6-9-17/h7,10-11,14,17,19H,4-6,8-9,12-13H2,1-3H3. The van der Waals surface area contributed by atoms with Crippen molar-refractivity contribution in [2.24, 2.45) is 5.92 Å². The van der Waals surface area contributed by atoms with Gasteiger partial charge >= 0.3 is 0 Å². The molecule has 0 atom stereocenters. The molecule has 0 spiro atoms. The van der Waals surface area contributed by atoms with Crippen molar-refractivity contribution in [1.29, 1.82) is 0 Å². The van der Waals surface area contributed by atoms with Gasteiger partial charge < -0.3 is 14.8 Å². The van der Waals surface area contributed by atoms with Gasteiger partial charge in [-0.2, -0.15) is 0 Å². The van der Waals surface area contributed by atoms with Crippen LogP contribution in [0, 0.1) is 5.92 Å². The van der Waals surface area contributed by atoms with Crippen molar-refractivity contribution >= 4 is 0 Å². The number of hydrogen-bond donors (Lipinski definition) is 1. The van der Waals surface area contributed by atoms with E-state index in [1.807, 2.05) is 6.07 Å². The molecule has 0 aliphatic heterocycles. The molecule has 1 N–H and O–H groups in total. The van der Waals surface area contributed by atoms with Gasteiger partial charge in [0.05, 0.1) is 19.8 Å². The highest BCUT2D eigenvalue weighted by molar-refractivity contribution is 5.36. The number of ether oxygens (including phenoxy) is 2. The predicted octanol–water partition coefficient (Wildman–Crippen LogP) is 3.90. The summed E-state index contributed by atoms with van der Waals surface area (Å²) < 4.78 is 11.6. The van der Waals surface area contributed by atoms with Crippen LogP contribution in [0.2, 0.25) is 0 Å². The fourth-order valence-corrected chi connectivity index (χ4v) is 2.93. The molecule has 0 heterocycles. The van der Waals surface area contributed by atoms with E-state index in [2.05, 4.69) is 31.3 Å². The van der Waals surface area contributed by atoms with Crippen molar-refractivity contribution in [2.45, 2.75) is 58.8 Å². The summed E-state index contributed by atoms with van der Waals surface area (Å²) >= 11 is 0. The molecule has 118 valence electrons. The van der Waals surface area contributed by atoms with Gasteiger partial charge in [0.15, 0.2) is 0 Å². The van der Waals surface area contributed by atoms with E-state index in [4.69, 9.17) is 9.47 Å². The molecule has 1 aromatic rings. The molecule has 1 aliphatic rings. The van der Waals surface area contributed by atoms with Gasteiger partial charge in [-0.05, 0) is 55.8 Å². The Morgan fingerprint density at radius 1 is 1.19 bits per heavy atom. The topological polar surface area (TPSA) is 30.5 Å². The van der Waals surface area contributed by atoms with Crippen molar-refractivity contribution in [2.75, 3.05) is 13.7 Å². The van der Waals surface area contributed by atoms with Crippen LogP contribution >= 0.6 is 0 Å². The zero-order chi connectivity index (χ0) is 15.1. The van der Waals surface area contributed by atoms with Crippen LogP contribution in [0.4, 0.5) is 0 Å². The lowest BCUT2D eigenvalue weighted by Crippen LogP contribution is -2.20. The summed E-state index contributed by atoms with van der Waals surface area (Å²) in [6, 6.07) is 6.37. The van der Waals surface area contributed by atoms with Crippen molar-refractivity contribution < 1.29 is 9.47 Å². The summed E-state index contributed by atoms with van der Waals surface area (Å²) in [5, 5.41) is 3.36. The highest BCUT2D eigenvalue weighted by Crippen LogP contribution is 2.28. The molecular formula is C18H29NO2. The minimum absolute atomic E-state index is 0.420. The van der Waals surface area contributed by atoms with Gasteiger partial charge in [0.1, 0.15) is 5.75 Å². The smallest absolute Gasteiger partial charge is 0.124 e. The van der Waals surface area contributed by atoms with Crippen LogP contribution in [0.3, 0.4) is 0 Å². The monoisotopic (exact) mass is 291 g/mol. The highest BCUT2D eigenvalue weighted by atomic mass is 16.5. The van der Waals surface area contributed by atoms with Crippen LogP contribution in [-0.4, -0.2) is 19.8 Å². The van der Waals surface area contributed by atoms with E-state index >= 15 is 0 Å². The maximum absolute atomic E-state index is 6.12. The number of hydrogen-bond acceptors (Lipinski definition) is 3. The second-order valence-electron chi connectivity index (χ2n) is 6.12. The highest BCUT2D eigenvalue weighted by Gasteiger charge is 2.19. The minimum atomic E-state index is 0.420. The molecule has 2 rings (SSSR count). The SMILES string of the molecule is CCNCc1ccc(OC)c(COC2CCC(C)CC2)c1. The zero-order valence-electron chi connectivity index (χ0n) is 13.7. The molecule has 0 amide bonds. The molecule has 1 aliphatic carbocycles. The van der Waals surface area contributed by atoms with E-state index in [1.165, 1.54) is 31.2 Å².